The van der Waals surface area contributed by atoms with Gasteiger partial charge in [-0.25, -0.2) is 9.18 Å². The maximum atomic E-state index is 14.2. The third-order valence-electron chi connectivity index (χ3n) is 8.93. The van der Waals surface area contributed by atoms with Gasteiger partial charge in [-0.1, -0.05) is 57.5 Å². The van der Waals surface area contributed by atoms with Gasteiger partial charge in [0.25, 0.3) is 0 Å². The van der Waals surface area contributed by atoms with Crippen molar-refractivity contribution in [1.29, 1.82) is 0 Å². The molecule has 1 saturated carbocycles. The Morgan fingerprint density at radius 1 is 1.19 bits per heavy atom. The van der Waals surface area contributed by atoms with Crippen molar-refractivity contribution in [1.82, 2.24) is 0 Å². The van der Waals surface area contributed by atoms with E-state index < -0.39 is 23.4 Å². The van der Waals surface area contributed by atoms with E-state index in [1.165, 1.54) is 27.7 Å². The summed E-state index contributed by atoms with van der Waals surface area (Å²) in [4.78, 5) is 27.2. The Morgan fingerprint density at radius 3 is 2.72 bits per heavy atom. The van der Waals surface area contributed by atoms with Crippen LogP contribution in [0, 0.1) is 17.2 Å². The molecule has 192 valence electrons. The Hall–Kier alpha value is -2.89. The molecule has 1 amide bonds. The van der Waals surface area contributed by atoms with E-state index in [9.17, 15) is 14.0 Å². The number of cyclic esters (lactones) is 1. The third-order valence-corrected chi connectivity index (χ3v) is 8.93. The van der Waals surface area contributed by atoms with Gasteiger partial charge in [-0.2, -0.15) is 0 Å². The van der Waals surface area contributed by atoms with Crippen molar-refractivity contribution in [2.45, 2.75) is 77.2 Å². The number of aryl methyl sites for hydroxylation is 1. The normalized spacial score (nSPS) is 29.5. The fourth-order valence-electron chi connectivity index (χ4n) is 6.92. The second-order valence-corrected chi connectivity index (χ2v) is 11.5. The molecule has 1 saturated heterocycles. The molecule has 1 aliphatic heterocycles. The summed E-state index contributed by atoms with van der Waals surface area (Å²) in [5, 5.41) is 0. The number of anilines is 1. The predicted octanol–water partition coefficient (Wildman–Crippen LogP) is 6.53. The van der Waals surface area contributed by atoms with Crippen LogP contribution < -0.4 is 4.90 Å². The summed E-state index contributed by atoms with van der Waals surface area (Å²) in [6, 6.07) is 13.0. The SMILES string of the molecule is CC(C)c1ccc2c(c1)CCC1[C@](C)(C(=O)OCC3CN(c4ccccc4F)C(=O)O3)CCC[C@]21C. The number of halogens is 1. The van der Waals surface area contributed by atoms with Crippen molar-refractivity contribution >= 4 is 17.7 Å². The topological polar surface area (TPSA) is 55.8 Å². The van der Waals surface area contributed by atoms with E-state index in [0.29, 0.717) is 5.92 Å². The molecular formula is C30H36FNO4. The number of amides is 1. The molecule has 5 rings (SSSR count). The average Bonchev–Trinajstić information content (AvgIpc) is 3.22. The molecule has 0 aromatic heterocycles. The number of rotatable bonds is 5. The van der Waals surface area contributed by atoms with Gasteiger partial charge in [0, 0.05) is 0 Å². The number of ether oxygens (including phenoxy) is 2. The Bertz CT molecular complexity index is 1180. The van der Waals surface area contributed by atoms with E-state index in [-0.39, 0.29) is 36.1 Å². The van der Waals surface area contributed by atoms with Gasteiger partial charge in [0.1, 0.15) is 12.4 Å². The smallest absolute Gasteiger partial charge is 0.414 e. The van der Waals surface area contributed by atoms with Gasteiger partial charge in [0.05, 0.1) is 17.6 Å². The number of fused-ring (bicyclic) bond motifs is 3. The maximum absolute atomic E-state index is 14.2. The lowest BCUT2D eigenvalue weighted by atomic mass is 9.49. The molecule has 0 spiro atoms. The highest BCUT2D eigenvalue weighted by Crippen LogP contribution is 2.57. The molecule has 0 radical (unpaired) electrons. The molecule has 6 heteroatoms. The van der Waals surface area contributed by atoms with Gasteiger partial charge < -0.3 is 9.47 Å². The number of benzene rings is 2. The van der Waals surface area contributed by atoms with Crippen molar-refractivity contribution < 1.29 is 23.5 Å². The van der Waals surface area contributed by atoms with Crippen LogP contribution in [0.2, 0.25) is 0 Å². The maximum Gasteiger partial charge on any atom is 0.414 e. The minimum absolute atomic E-state index is 0.0249. The average molecular weight is 494 g/mol. The van der Waals surface area contributed by atoms with Crippen LogP contribution in [0.5, 0.6) is 0 Å². The van der Waals surface area contributed by atoms with Crippen molar-refractivity contribution in [3.05, 3.63) is 65.0 Å². The van der Waals surface area contributed by atoms with Crippen LogP contribution in [0.1, 0.15) is 76.0 Å². The second-order valence-electron chi connectivity index (χ2n) is 11.5. The van der Waals surface area contributed by atoms with Crippen molar-refractivity contribution in [2.75, 3.05) is 18.1 Å². The first-order valence-corrected chi connectivity index (χ1v) is 13.2. The summed E-state index contributed by atoms with van der Waals surface area (Å²) in [7, 11) is 0. The summed E-state index contributed by atoms with van der Waals surface area (Å²) in [5.74, 6) is -0.0311. The van der Waals surface area contributed by atoms with Gasteiger partial charge in [-0.05, 0) is 78.7 Å². The van der Waals surface area contributed by atoms with E-state index >= 15 is 0 Å². The minimum atomic E-state index is -0.624. The molecule has 2 aromatic carbocycles. The molecule has 5 nitrogen and oxygen atoms in total. The molecule has 3 aliphatic rings. The number of carbonyl (C=O) groups is 2. The largest absolute Gasteiger partial charge is 0.461 e. The molecule has 0 N–H and O–H groups in total. The lowest BCUT2D eigenvalue weighted by molar-refractivity contribution is -0.166. The van der Waals surface area contributed by atoms with Crippen LogP contribution in [0.25, 0.3) is 0 Å². The van der Waals surface area contributed by atoms with Gasteiger partial charge in [-0.15, -0.1) is 0 Å². The fourth-order valence-corrected chi connectivity index (χ4v) is 6.92. The highest BCUT2D eigenvalue weighted by Gasteiger charge is 2.56. The van der Waals surface area contributed by atoms with Crippen molar-refractivity contribution in [3.8, 4) is 0 Å². The molecule has 2 aromatic rings. The highest BCUT2D eigenvalue weighted by molar-refractivity contribution is 5.90. The zero-order valence-electron chi connectivity index (χ0n) is 21.7. The van der Waals surface area contributed by atoms with E-state index in [2.05, 4.69) is 45.9 Å². The molecule has 0 bridgehead atoms. The van der Waals surface area contributed by atoms with Gasteiger partial charge in [0.15, 0.2) is 6.10 Å². The van der Waals surface area contributed by atoms with Gasteiger partial charge in [0.2, 0.25) is 0 Å². The summed E-state index contributed by atoms with van der Waals surface area (Å²) >= 11 is 0. The number of nitrogens with zero attached hydrogens (tertiary/aromatic N) is 1. The number of esters is 1. The first-order valence-electron chi connectivity index (χ1n) is 13.2. The van der Waals surface area contributed by atoms with Crippen LogP contribution >= 0.6 is 0 Å². The van der Waals surface area contributed by atoms with Crippen LogP contribution in [0.15, 0.2) is 42.5 Å². The lowest BCUT2D eigenvalue weighted by Crippen LogP contribution is -2.53. The Morgan fingerprint density at radius 2 is 1.97 bits per heavy atom. The molecule has 36 heavy (non-hydrogen) atoms. The number of hydrogen-bond acceptors (Lipinski definition) is 4. The zero-order chi connectivity index (χ0) is 25.7. The summed E-state index contributed by atoms with van der Waals surface area (Å²) in [6.45, 7) is 8.94. The van der Waals surface area contributed by atoms with Gasteiger partial charge >= 0.3 is 12.1 Å². The number of para-hydroxylation sites is 1. The van der Waals surface area contributed by atoms with Crippen LogP contribution in [0.4, 0.5) is 14.9 Å². The number of carbonyl (C=O) groups excluding carboxylic acids is 2. The summed E-state index contributed by atoms with van der Waals surface area (Å²) in [6.07, 6.45) is 3.49. The van der Waals surface area contributed by atoms with E-state index in [1.807, 2.05) is 0 Å². The Labute approximate surface area is 213 Å². The van der Waals surface area contributed by atoms with Crippen molar-refractivity contribution in [3.63, 3.8) is 0 Å². The molecule has 1 heterocycles. The molecule has 2 fully saturated rings. The van der Waals surface area contributed by atoms with E-state index in [1.54, 1.807) is 18.2 Å². The summed E-state index contributed by atoms with van der Waals surface area (Å²) in [5.41, 5.74) is 3.67. The van der Waals surface area contributed by atoms with Crippen LogP contribution in [0.3, 0.4) is 0 Å². The zero-order valence-corrected chi connectivity index (χ0v) is 21.7. The summed E-state index contributed by atoms with van der Waals surface area (Å²) < 4.78 is 25.4. The standard InChI is InChI=1S/C30H36FNO4/c1-19(2)20-10-12-23-21(16-20)11-13-26-29(23,3)14-7-15-30(26,4)27(33)35-18-22-17-32(28(34)36-22)25-9-6-5-8-24(25)31/h5-6,8-10,12,16,19,22,26H,7,11,13-15,17-18H2,1-4H3/t22?,26?,29-,30-/m1/s1. The molecule has 2 unspecified atom stereocenters. The van der Waals surface area contributed by atoms with Crippen LogP contribution in [-0.2, 0) is 26.1 Å². The molecule has 2 aliphatic carbocycles. The monoisotopic (exact) mass is 493 g/mol. The molecule has 4 atom stereocenters. The second kappa shape index (κ2) is 9.20. The molecular weight excluding hydrogens is 457 g/mol. The fraction of sp³-hybridized carbons (Fsp3) is 0.533. The predicted molar refractivity (Wildman–Crippen MR) is 137 cm³/mol. The number of hydrogen-bond donors (Lipinski definition) is 0. The van der Waals surface area contributed by atoms with E-state index in [4.69, 9.17) is 9.47 Å². The highest BCUT2D eigenvalue weighted by atomic mass is 19.1. The minimum Gasteiger partial charge on any atom is -0.461 e. The quantitative estimate of drug-likeness (QED) is 0.445. The first-order chi connectivity index (χ1) is 17.1. The van der Waals surface area contributed by atoms with E-state index in [0.717, 1.165) is 32.1 Å². The van der Waals surface area contributed by atoms with Gasteiger partial charge in [-0.3, -0.25) is 9.69 Å². The van der Waals surface area contributed by atoms with Crippen LogP contribution in [-0.4, -0.2) is 31.3 Å². The lowest BCUT2D eigenvalue weighted by Gasteiger charge is -2.54. The third kappa shape index (κ3) is 4.08. The van der Waals surface area contributed by atoms with Crippen molar-refractivity contribution in [2.24, 2.45) is 11.3 Å². The Kier molecular flexibility index (Phi) is 6.34. The first kappa shape index (κ1) is 24.8. The Balaban J connectivity index is 1.29.